The average Bonchev–Trinajstić information content (AvgIpc) is 3.28. The molecule has 8 aliphatic rings. The normalized spacial score (nSPS) is 43.6. The first-order chi connectivity index (χ1) is 31.1. The molecule has 0 bridgehead atoms. The maximum atomic E-state index is 13.1. The van der Waals surface area contributed by atoms with Crippen LogP contribution in [0.2, 0.25) is 0 Å². The highest BCUT2D eigenvalue weighted by Crippen LogP contribution is 2.77. The summed E-state index contributed by atoms with van der Waals surface area (Å²) in [6.45, 7) is 30.8. The van der Waals surface area contributed by atoms with E-state index in [4.69, 9.17) is 4.74 Å². The van der Waals surface area contributed by atoms with E-state index in [0.29, 0.717) is 30.5 Å². The number of esters is 1. The molecule has 12 atom stereocenters. The predicted molar refractivity (Wildman–Crippen MR) is 267 cm³/mol. The summed E-state index contributed by atoms with van der Waals surface area (Å²) in [6.07, 6.45) is 22.1. The molecule has 7 nitrogen and oxygen atoms in total. The van der Waals surface area contributed by atoms with Gasteiger partial charge in [-0.25, -0.2) is 0 Å². The van der Waals surface area contributed by atoms with Crippen LogP contribution in [0.1, 0.15) is 199 Å². The molecule has 6 fully saturated rings. The summed E-state index contributed by atoms with van der Waals surface area (Å²) in [6, 6.07) is 3.69. The summed E-state index contributed by atoms with van der Waals surface area (Å²) in [5.74, 6) is 1.12. The van der Waals surface area contributed by atoms with Gasteiger partial charge in [-0.15, -0.1) is 0 Å². The molecule has 0 unspecified atom stereocenters. The van der Waals surface area contributed by atoms with Crippen molar-refractivity contribution in [1.29, 1.82) is 0 Å². The van der Waals surface area contributed by atoms with Gasteiger partial charge in [0.1, 0.15) is 0 Å². The quantitative estimate of drug-likeness (QED) is 0.118. The van der Waals surface area contributed by atoms with Crippen LogP contribution in [-0.4, -0.2) is 44.7 Å². The topological polar surface area (TPSA) is 127 Å². The molecule has 10 rings (SSSR count). The minimum Gasteiger partial charge on any atom is -0.504 e. The standard InChI is InChI=1S/C31H44O4.C29H42O3/c1-8-35-26(34)28(4)12-11-27(3)13-15-30(6)23-10-9-20-19(2)25(33)22(32)17-21(20)29(23,5)14-16-31(30,7)24(27)18-28;1-18-19-7-8-22-27(4,20(19)15-21(31)24(18)32)12-14-29(6)23-16-25(2,17-30)9-10-26(23,3)11-13-28(22,29)5/h10,17,24,32-33H,8-9,11-16,18H2,1-7H3;8,15,23,30-32H,7,9-14,16-17H2,1-6H3/t24-,27-,28-,29+,30-,31+;23-,25-,26-,27+,28-,29+/m11/s1. The fourth-order valence-electron chi connectivity index (χ4n) is 18.1. The van der Waals surface area contributed by atoms with Crippen LogP contribution in [0, 0.1) is 69.0 Å². The number of aromatic hydroxyl groups is 4. The smallest absolute Gasteiger partial charge is 0.311 e. The SMILES string of the molecule is CCOC(=O)[C@]1(C)CC[C@]2(C)CC[C@]3(C)C4=CCc5c(cc(O)c(O)c5C)[C@]4(C)CC[C@@]3(C)[C@@H]2C1.Cc1c(O)c(O)cc2c1CC=C1[C@@]2(C)CC[C@@]2(C)[C@@H]3C[C@](C)(CO)CC[C@]3(C)CC[C@]12C. The third-order valence-electron chi connectivity index (χ3n) is 23.4. The molecule has 6 saturated carbocycles. The Hall–Kier alpha value is -3.45. The molecule has 0 saturated heterocycles. The summed E-state index contributed by atoms with van der Waals surface area (Å²) in [4.78, 5) is 13.1. The highest BCUT2D eigenvalue weighted by Gasteiger charge is 2.69. The van der Waals surface area contributed by atoms with E-state index in [9.17, 15) is 30.3 Å². The molecule has 67 heavy (non-hydrogen) atoms. The van der Waals surface area contributed by atoms with Gasteiger partial charge in [0.25, 0.3) is 0 Å². The highest BCUT2D eigenvalue weighted by molar-refractivity contribution is 5.76. The van der Waals surface area contributed by atoms with Crippen molar-refractivity contribution in [3.63, 3.8) is 0 Å². The van der Waals surface area contributed by atoms with E-state index in [2.05, 4.69) is 81.4 Å². The molecule has 368 valence electrons. The molecule has 7 heteroatoms. The van der Waals surface area contributed by atoms with Crippen LogP contribution in [0.3, 0.4) is 0 Å². The second kappa shape index (κ2) is 15.3. The number of aliphatic hydroxyl groups is 1. The minimum atomic E-state index is -0.407. The van der Waals surface area contributed by atoms with Gasteiger partial charge in [0.2, 0.25) is 0 Å². The summed E-state index contributed by atoms with van der Waals surface area (Å²) >= 11 is 0. The van der Waals surface area contributed by atoms with Crippen molar-refractivity contribution >= 4 is 5.97 Å². The van der Waals surface area contributed by atoms with Crippen LogP contribution in [0.4, 0.5) is 0 Å². The molecule has 8 aliphatic carbocycles. The Morgan fingerprint density at radius 2 is 1.00 bits per heavy atom. The molecule has 0 radical (unpaired) electrons. The number of carbonyl (C=O) groups is 1. The zero-order valence-corrected chi connectivity index (χ0v) is 43.7. The zero-order valence-electron chi connectivity index (χ0n) is 43.7. The van der Waals surface area contributed by atoms with Crippen molar-refractivity contribution in [1.82, 2.24) is 0 Å². The molecule has 5 N–H and O–H groups in total. The highest BCUT2D eigenvalue weighted by atomic mass is 16.5. The van der Waals surface area contributed by atoms with E-state index in [1.165, 1.54) is 59.9 Å². The summed E-state index contributed by atoms with van der Waals surface area (Å²) < 4.78 is 5.57. The lowest BCUT2D eigenvalue weighted by molar-refractivity contribution is -0.181. The number of hydrogen-bond donors (Lipinski definition) is 5. The van der Waals surface area contributed by atoms with Gasteiger partial charge < -0.3 is 30.3 Å². The van der Waals surface area contributed by atoms with Crippen molar-refractivity contribution < 1.29 is 35.1 Å². The maximum Gasteiger partial charge on any atom is 0.311 e. The zero-order chi connectivity index (χ0) is 48.9. The van der Waals surface area contributed by atoms with Gasteiger partial charge >= 0.3 is 5.97 Å². The first kappa shape index (κ1) is 48.6. The summed E-state index contributed by atoms with van der Waals surface area (Å²) in [5.41, 5.74) is 9.94. The number of benzene rings is 2. The Bertz CT molecular complexity index is 2470. The van der Waals surface area contributed by atoms with E-state index in [1.54, 1.807) is 5.57 Å². The van der Waals surface area contributed by atoms with E-state index in [-0.39, 0.29) is 72.3 Å². The predicted octanol–water partition coefficient (Wildman–Crippen LogP) is 13.7. The van der Waals surface area contributed by atoms with Gasteiger partial charge in [0, 0.05) is 17.4 Å². The minimum absolute atomic E-state index is 0.00378. The van der Waals surface area contributed by atoms with Crippen LogP contribution in [0.15, 0.2) is 35.4 Å². The Labute approximate surface area is 403 Å². The molecule has 0 heterocycles. The van der Waals surface area contributed by atoms with Crippen LogP contribution < -0.4 is 0 Å². The van der Waals surface area contributed by atoms with E-state index < -0.39 is 5.41 Å². The summed E-state index contributed by atoms with van der Waals surface area (Å²) in [7, 11) is 0. The first-order valence-corrected chi connectivity index (χ1v) is 26.4. The number of phenolic OH excluding ortho intramolecular Hbond substituents is 4. The largest absolute Gasteiger partial charge is 0.504 e. The third-order valence-corrected chi connectivity index (χ3v) is 23.4. The fourth-order valence-corrected chi connectivity index (χ4v) is 18.1. The van der Waals surface area contributed by atoms with E-state index in [0.717, 1.165) is 81.8 Å². The lowest BCUT2D eigenvalue weighted by atomic mass is 9.34. The van der Waals surface area contributed by atoms with Crippen LogP contribution in [0.5, 0.6) is 23.0 Å². The number of fused-ring (bicyclic) bond motifs is 14. The summed E-state index contributed by atoms with van der Waals surface area (Å²) in [5, 5.41) is 52.0. The van der Waals surface area contributed by atoms with Gasteiger partial charge in [-0.2, -0.15) is 0 Å². The van der Waals surface area contributed by atoms with Crippen molar-refractivity contribution in [2.45, 2.75) is 204 Å². The van der Waals surface area contributed by atoms with E-state index >= 15 is 0 Å². The van der Waals surface area contributed by atoms with Gasteiger partial charge in [-0.05, 0) is 226 Å². The Morgan fingerprint density at radius 3 is 1.43 bits per heavy atom. The van der Waals surface area contributed by atoms with Gasteiger partial charge in [-0.1, -0.05) is 85.6 Å². The Morgan fingerprint density at radius 1 is 0.582 bits per heavy atom. The van der Waals surface area contributed by atoms with Crippen LogP contribution in [-0.2, 0) is 33.2 Å². The molecule has 0 amide bonds. The average molecular weight is 919 g/mol. The van der Waals surface area contributed by atoms with Gasteiger partial charge in [0.15, 0.2) is 23.0 Å². The van der Waals surface area contributed by atoms with E-state index in [1.807, 2.05) is 32.9 Å². The number of allylic oxidation sites excluding steroid dienone is 4. The second-order valence-corrected chi connectivity index (χ2v) is 26.7. The molecule has 0 aliphatic heterocycles. The van der Waals surface area contributed by atoms with Crippen LogP contribution in [0.25, 0.3) is 0 Å². The molecule has 0 spiro atoms. The second-order valence-electron chi connectivity index (χ2n) is 26.7. The lowest BCUT2D eigenvalue weighted by Gasteiger charge is -2.70. The van der Waals surface area contributed by atoms with Crippen molar-refractivity contribution in [2.75, 3.05) is 13.2 Å². The monoisotopic (exact) mass is 919 g/mol. The van der Waals surface area contributed by atoms with Crippen molar-refractivity contribution in [2.24, 2.45) is 55.2 Å². The Kier molecular flexibility index (Phi) is 11.1. The Balaban J connectivity index is 0.000000169. The first-order valence-electron chi connectivity index (χ1n) is 26.4. The number of hydrogen-bond acceptors (Lipinski definition) is 7. The van der Waals surface area contributed by atoms with Gasteiger partial charge in [-0.3, -0.25) is 4.79 Å². The maximum absolute atomic E-state index is 13.1. The molecule has 2 aromatic carbocycles. The van der Waals surface area contributed by atoms with Crippen molar-refractivity contribution in [3.8, 4) is 23.0 Å². The molecule has 2 aromatic rings. The lowest BCUT2D eigenvalue weighted by Crippen LogP contribution is -2.62. The number of phenols is 4. The fraction of sp³-hybridized carbons (Fsp3) is 0.717. The number of carbonyl (C=O) groups excluding carboxylic acids is 1. The number of rotatable bonds is 3. The number of ether oxygens (including phenoxy) is 1. The molecular formula is C60H86O7. The third kappa shape index (κ3) is 6.45. The molecular weight excluding hydrogens is 833 g/mol. The number of aliphatic hydroxyl groups excluding tert-OH is 1. The van der Waals surface area contributed by atoms with Gasteiger partial charge in [0.05, 0.1) is 12.0 Å². The van der Waals surface area contributed by atoms with Crippen LogP contribution >= 0.6 is 0 Å². The van der Waals surface area contributed by atoms with Crippen molar-refractivity contribution in [3.05, 3.63) is 68.8 Å². The molecule has 0 aromatic heterocycles.